The maximum absolute atomic E-state index is 12.5. The Balaban J connectivity index is 1.79. The van der Waals surface area contributed by atoms with Crippen molar-refractivity contribution in [1.29, 1.82) is 0 Å². The fraction of sp³-hybridized carbons (Fsp3) is 0.300. The molecule has 0 aliphatic carbocycles. The lowest BCUT2D eigenvalue weighted by atomic mass is 10.2. The van der Waals surface area contributed by atoms with Crippen molar-refractivity contribution in [2.24, 2.45) is 5.92 Å². The fourth-order valence-electron chi connectivity index (χ4n) is 2.59. The second kappa shape index (κ2) is 8.81. The van der Waals surface area contributed by atoms with Crippen molar-refractivity contribution in [2.75, 3.05) is 5.32 Å². The zero-order chi connectivity index (χ0) is 19.2. The molecule has 0 unspecified atom stereocenters. The molecule has 7 heteroatoms. The van der Waals surface area contributed by atoms with Crippen LogP contribution in [-0.2, 0) is 11.3 Å². The Bertz CT molecular complexity index is 880. The second-order valence-corrected chi connectivity index (χ2v) is 7.98. The molecule has 2 aromatic heterocycles. The third-order valence-electron chi connectivity index (χ3n) is 3.88. The number of pyridine rings is 1. The molecule has 1 aromatic carbocycles. The van der Waals surface area contributed by atoms with Crippen LogP contribution in [0, 0.1) is 5.92 Å². The van der Waals surface area contributed by atoms with Crippen LogP contribution in [0.1, 0.15) is 20.8 Å². The minimum Gasteiger partial charge on any atom is -0.325 e. The van der Waals surface area contributed by atoms with Crippen LogP contribution in [0.15, 0.2) is 60.0 Å². The summed E-state index contributed by atoms with van der Waals surface area (Å²) in [7, 11) is 0. The highest BCUT2D eigenvalue weighted by molar-refractivity contribution is 8.00. The number of aromatic nitrogens is 4. The Morgan fingerprint density at radius 2 is 1.89 bits per heavy atom. The van der Waals surface area contributed by atoms with E-state index >= 15 is 0 Å². The Morgan fingerprint density at radius 3 is 2.56 bits per heavy atom. The normalized spacial score (nSPS) is 12.1. The van der Waals surface area contributed by atoms with Gasteiger partial charge < -0.3 is 9.88 Å². The number of thioether (sulfide) groups is 1. The average molecular weight is 382 g/mol. The van der Waals surface area contributed by atoms with Crippen LogP contribution in [0.25, 0.3) is 11.4 Å². The molecular formula is C20H23N5OS. The van der Waals surface area contributed by atoms with Gasteiger partial charge in [-0.3, -0.25) is 9.78 Å². The Morgan fingerprint density at radius 1 is 1.11 bits per heavy atom. The van der Waals surface area contributed by atoms with Crippen LogP contribution in [0.5, 0.6) is 0 Å². The number of rotatable bonds is 7. The summed E-state index contributed by atoms with van der Waals surface area (Å²) in [5.74, 6) is 1.13. The Kier molecular flexibility index (Phi) is 6.24. The molecule has 0 radical (unpaired) electrons. The van der Waals surface area contributed by atoms with Crippen LogP contribution in [-0.4, -0.2) is 30.9 Å². The van der Waals surface area contributed by atoms with E-state index < -0.39 is 0 Å². The van der Waals surface area contributed by atoms with E-state index in [1.54, 1.807) is 12.4 Å². The second-order valence-electron chi connectivity index (χ2n) is 6.67. The van der Waals surface area contributed by atoms with E-state index in [9.17, 15) is 4.79 Å². The molecule has 0 aliphatic heterocycles. The predicted molar refractivity (Wildman–Crippen MR) is 108 cm³/mol. The zero-order valence-electron chi connectivity index (χ0n) is 15.7. The molecule has 1 N–H and O–H groups in total. The maximum atomic E-state index is 12.5. The molecule has 27 heavy (non-hydrogen) atoms. The number of nitrogens with zero attached hydrogens (tertiary/aromatic N) is 4. The van der Waals surface area contributed by atoms with Gasteiger partial charge in [0.1, 0.15) is 0 Å². The van der Waals surface area contributed by atoms with E-state index in [-0.39, 0.29) is 11.2 Å². The maximum Gasteiger partial charge on any atom is 0.237 e. The van der Waals surface area contributed by atoms with E-state index in [1.807, 2.05) is 49.4 Å². The topological polar surface area (TPSA) is 72.7 Å². The number of hydrogen-bond acceptors (Lipinski definition) is 5. The summed E-state index contributed by atoms with van der Waals surface area (Å²) >= 11 is 1.41. The van der Waals surface area contributed by atoms with Gasteiger partial charge in [-0.15, -0.1) is 10.2 Å². The third kappa shape index (κ3) is 4.95. The molecule has 0 saturated carbocycles. The summed E-state index contributed by atoms with van der Waals surface area (Å²) in [5, 5.41) is 12.1. The quantitative estimate of drug-likeness (QED) is 0.623. The molecule has 1 atom stereocenters. The van der Waals surface area contributed by atoms with Gasteiger partial charge in [0.05, 0.1) is 5.25 Å². The van der Waals surface area contributed by atoms with Crippen molar-refractivity contribution in [3.05, 3.63) is 54.9 Å². The SMILES string of the molecule is CC(C)Cn1c(S[C@H](C)C(=O)Nc2ccccc2)nnc1-c1cccnc1. The number of hydrogen-bond donors (Lipinski definition) is 1. The van der Waals surface area contributed by atoms with E-state index in [0.717, 1.165) is 28.8 Å². The van der Waals surface area contributed by atoms with Crippen LogP contribution in [0.3, 0.4) is 0 Å². The van der Waals surface area contributed by atoms with E-state index in [0.29, 0.717) is 5.92 Å². The summed E-state index contributed by atoms with van der Waals surface area (Å²) in [4.78, 5) is 16.7. The minimum atomic E-state index is -0.304. The molecule has 0 spiro atoms. The van der Waals surface area contributed by atoms with Crippen LogP contribution in [0.4, 0.5) is 5.69 Å². The van der Waals surface area contributed by atoms with Gasteiger partial charge in [0.2, 0.25) is 5.91 Å². The molecule has 6 nitrogen and oxygen atoms in total. The lowest BCUT2D eigenvalue weighted by molar-refractivity contribution is -0.115. The van der Waals surface area contributed by atoms with Gasteiger partial charge in [-0.2, -0.15) is 0 Å². The largest absolute Gasteiger partial charge is 0.325 e. The lowest BCUT2D eigenvalue weighted by Gasteiger charge is -2.15. The zero-order valence-corrected chi connectivity index (χ0v) is 16.5. The Labute approximate surface area is 163 Å². The standard InChI is InChI=1S/C20H23N5OS/c1-14(2)13-25-18(16-8-7-11-21-12-16)23-24-20(25)27-15(3)19(26)22-17-9-5-4-6-10-17/h4-12,14-15H,13H2,1-3H3,(H,22,26)/t15-/m1/s1. The van der Waals surface area contributed by atoms with Gasteiger partial charge in [0.15, 0.2) is 11.0 Å². The number of nitrogens with one attached hydrogen (secondary N) is 1. The summed E-state index contributed by atoms with van der Waals surface area (Å²) in [6, 6.07) is 13.3. The predicted octanol–water partition coefficient (Wildman–Crippen LogP) is 4.12. The highest BCUT2D eigenvalue weighted by Gasteiger charge is 2.21. The molecule has 0 bridgehead atoms. The molecular weight excluding hydrogens is 358 g/mol. The summed E-state index contributed by atoms with van der Waals surface area (Å²) < 4.78 is 2.07. The van der Waals surface area contributed by atoms with Crippen molar-refractivity contribution >= 4 is 23.4 Å². The summed E-state index contributed by atoms with van der Waals surface area (Å²) in [6.45, 7) is 6.94. The smallest absolute Gasteiger partial charge is 0.237 e. The average Bonchev–Trinajstić information content (AvgIpc) is 3.05. The van der Waals surface area contributed by atoms with Crippen molar-refractivity contribution in [1.82, 2.24) is 19.7 Å². The molecule has 2 heterocycles. The van der Waals surface area contributed by atoms with Gasteiger partial charge in [0, 0.05) is 30.2 Å². The highest BCUT2D eigenvalue weighted by atomic mass is 32.2. The number of anilines is 1. The third-order valence-corrected chi connectivity index (χ3v) is 4.96. The Hall–Kier alpha value is -2.67. The monoisotopic (exact) mass is 381 g/mol. The van der Waals surface area contributed by atoms with E-state index in [1.165, 1.54) is 11.8 Å². The number of benzene rings is 1. The van der Waals surface area contributed by atoms with Crippen LogP contribution in [0.2, 0.25) is 0 Å². The van der Waals surface area contributed by atoms with Crippen molar-refractivity contribution in [2.45, 2.75) is 37.7 Å². The van der Waals surface area contributed by atoms with Gasteiger partial charge in [0.25, 0.3) is 0 Å². The first-order valence-electron chi connectivity index (χ1n) is 8.90. The van der Waals surface area contributed by atoms with Crippen LogP contribution >= 0.6 is 11.8 Å². The van der Waals surface area contributed by atoms with Crippen molar-refractivity contribution in [3.8, 4) is 11.4 Å². The molecule has 0 aliphatic rings. The first kappa shape index (κ1) is 19.1. The molecule has 0 saturated heterocycles. The first-order chi connectivity index (χ1) is 13.0. The molecule has 3 aromatic rings. The lowest BCUT2D eigenvalue weighted by Crippen LogP contribution is -2.23. The number of carbonyl (C=O) groups is 1. The van der Waals surface area contributed by atoms with E-state index in [2.05, 4.69) is 38.9 Å². The molecule has 140 valence electrons. The van der Waals surface area contributed by atoms with Gasteiger partial charge >= 0.3 is 0 Å². The number of carbonyl (C=O) groups excluding carboxylic acids is 1. The first-order valence-corrected chi connectivity index (χ1v) is 9.78. The summed E-state index contributed by atoms with van der Waals surface area (Å²) in [5.41, 5.74) is 1.70. The van der Waals surface area contributed by atoms with Gasteiger partial charge in [-0.05, 0) is 37.1 Å². The summed E-state index contributed by atoms with van der Waals surface area (Å²) in [6.07, 6.45) is 3.51. The molecule has 1 amide bonds. The van der Waals surface area contributed by atoms with Gasteiger partial charge in [-0.1, -0.05) is 43.8 Å². The molecule has 3 rings (SSSR count). The van der Waals surface area contributed by atoms with E-state index in [4.69, 9.17) is 0 Å². The number of amides is 1. The fourth-order valence-corrected chi connectivity index (χ4v) is 3.45. The van der Waals surface area contributed by atoms with Gasteiger partial charge in [-0.25, -0.2) is 0 Å². The van der Waals surface area contributed by atoms with Crippen molar-refractivity contribution < 1.29 is 4.79 Å². The minimum absolute atomic E-state index is 0.0618. The van der Waals surface area contributed by atoms with Crippen LogP contribution < -0.4 is 5.32 Å². The van der Waals surface area contributed by atoms with Crippen molar-refractivity contribution in [3.63, 3.8) is 0 Å². The molecule has 0 fully saturated rings. The highest BCUT2D eigenvalue weighted by Crippen LogP contribution is 2.28. The number of para-hydroxylation sites is 1.